The highest BCUT2D eigenvalue weighted by Crippen LogP contribution is 2.25. The van der Waals surface area contributed by atoms with Gasteiger partial charge in [0.2, 0.25) is 0 Å². The van der Waals surface area contributed by atoms with E-state index in [4.69, 9.17) is 23.2 Å². The van der Waals surface area contributed by atoms with Crippen molar-refractivity contribution in [2.75, 3.05) is 37.6 Å². The molecule has 0 spiro atoms. The molecule has 34 heavy (non-hydrogen) atoms. The predicted octanol–water partition coefficient (Wildman–Crippen LogP) is 3.95. The maximum Gasteiger partial charge on any atom is 0.274 e. The first-order chi connectivity index (χ1) is 16.4. The summed E-state index contributed by atoms with van der Waals surface area (Å²) in [7, 11) is 0. The molecule has 1 aromatic heterocycles. The first kappa shape index (κ1) is 22.7. The van der Waals surface area contributed by atoms with Gasteiger partial charge in [-0.25, -0.2) is 4.39 Å². The molecule has 7 nitrogen and oxygen atoms in total. The molecule has 0 radical (unpaired) electrons. The molecule has 3 heterocycles. The highest BCUT2D eigenvalue weighted by molar-refractivity contribution is 6.42. The van der Waals surface area contributed by atoms with E-state index in [-0.39, 0.29) is 23.3 Å². The molecule has 2 aromatic carbocycles. The number of para-hydroxylation sites is 1. The number of aromatic nitrogens is 2. The Labute approximate surface area is 206 Å². The molecular weight excluding hydrogens is 480 g/mol. The number of amides is 2. The van der Waals surface area contributed by atoms with Gasteiger partial charge in [-0.05, 0) is 29.8 Å². The Hall–Kier alpha value is -3.10. The quantitative estimate of drug-likeness (QED) is 0.543. The van der Waals surface area contributed by atoms with E-state index in [0.717, 1.165) is 5.56 Å². The summed E-state index contributed by atoms with van der Waals surface area (Å²) in [6.45, 7) is 3.31. The number of fused-ring (bicyclic) bond motifs is 1. The number of hydrogen-bond donors (Lipinski definition) is 0. The lowest BCUT2D eigenvalue weighted by molar-refractivity contribution is 0.0680. The Morgan fingerprint density at radius 3 is 2.44 bits per heavy atom. The van der Waals surface area contributed by atoms with Gasteiger partial charge in [0.05, 0.1) is 22.3 Å². The lowest BCUT2D eigenvalue weighted by Crippen LogP contribution is -2.49. The van der Waals surface area contributed by atoms with Gasteiger partial charge in [-0.3, -0.25) is 14.3 Å². The molecule has 5 rings (SSSR count). The van der Waals surface area contributed by atoms with Crippen LogP contribution in [0.25, 0.3) is 0 Å². The molecule has 0 unspecified atom stereocenters. The summed E-state index contributed by atoms with van der Waals surface area (Å²) in [6.07, 6.45) is 0. The van der Waals surface area contributed by atoms with Crippen molar-refractivity contribution in [3.05, 3.63) is 81.3 Å². The molecular formula is C24H22Cl2FN5O2. The molecule has 176 valence electrons. The lowest BCUT2D eigenvalue weighted by atomic mass is 10.2. The normalized spacial score (nSPS) is 16.1. The fourth-order valence-corrected chi connectivity index (χ4v) is 4.69. The van der Waals surface area contributed by atoms with Crippen LogP contribution in [-0.4, -0.2) is 64.1 Å². The van der Waals surface area contributed by atoms with Crippen LogP contribution in [-0.2, 0) is 13.1 Å². The molecule has 2 amide bonds. The predicted molar refractivity (Wildman–Crippen MR) is 128 cm³/mol. The number of benzene rings is 2. The summed E-state index contributed by atoms with van der Waals surface area (Å²) < 4.78 is 15.7. The zero-order valence-electron chi connectivity index (χ0n) is 18.3. The number of hydrogen-bond acceptors (Lipinski definition) is 4. The number of piperazine rings is 1. The molecule has 10 heteroatoms. The van der Waals surface area contributed by atoms with Crippen molar-refractivity contribution in [2.45, 2.75) is 13.1 Å². The van der Waals surface area contributed by atoms with Gasteiger partial charge >= 0.3 is 0 Å². The van der Waals surface area contributed by atoms with E-state index in [2.05, 4.69) is 5.10 Å². The second-order valence-corrected chi connectivity index (χ2v) is 9.16. The smallest absolute Gasteiger partial charge is 0.274 e. The van der Waals surface area contributed by atoms with Crippen LogP contribution in [0.2, 0.25) is 10.0 Å². The average molecular weight is 502 g/mol. The van der Waals surface area contributed by atoms with Crippen molar-refractivity contribution in [1.29, 1.82) is 0 Å². The van der Waals surface area contributed by atoms with E-state index in [0.29, 0.717) is 67.2 Å². The Balaban J connectivity index is 1.25. The minimum atomic E-state index is -0.270. The maximum atomic E-state index is 14.1. The molecule has 3 aromatic rings. The van der Waals surface area contributed by atoms with Crippen LogP contribution >= 0.6 is 23.2 Å². The van der Waals surface area contributed by atoms with Gasteiger partial charge in [-0.2, -0.15) is 5.10 Å². The van der Waals surface area contributed by atoms with Crippen LogP contribution in [0.3, 0.4) is 0 Å². The summed E-state index contributed by atoms with van der Waals surface area (Å²) in [5.41, 5.74) is 2.05. The monoisotopic (exact) mass is 501 g/mol. The largest absolute Gasteiger partial charge is 0.366 e. The van der Waals surface area contributed by atoms with Crippen molar-refractivity contribution in [1.82, 2.24) is 19.6 Å². The highest BCUT2D eigenvalue weighted by Gasteiger charge is 2.30. The molecule has 2 aliphatic rings. The van der Waals surface area contributed by atoms with Crippen LogP contribution in [0.15, 0.2) is 48.5 Å². The first-order valence-corrected chi connectivity index (χ1v) is 11.8. The minimum Gasteiger partial charge on any atom is -0.366 e. The number of carbonyl (C=O) groups is 2. The van der Waals surface area contributed by atoms with E-state index in [1.165, 1.54) is 6.07 Å². The fourth-order valence-electron chi connectivity index (χ4n) is 4.37. The Morgan fingerprint density at radius 2 is 1.71 bits per heavy atom. The van der Waals surface area contributed by atoms with Crippen molar-refractivity contribution in [3.63, 3.8) is 0 Å². The standard InChI is InChI=1S/C24H22Cl2FN5O2/c25-17-6-5-16(13-18(17)26)15-31-11-12-32-22(24(31)34)14-20(28-32)23(33)30-9-7-29(8-10-30)21-4-2-1-3-19(21)27/h1-6,13-14H,7-12,15H2. The number of halogens is 3. The topological polar surface area (TPSA) is 61.7 Å². The third-order valence-corrected chi connectivity index (χ3v) is 6.94. The molecule has 0 saturated carbocycles. The third-order valence-electron chi connectivity index (χ3n) is 6.20. The summed E-state index contributed by atoms with van der Waals surface area (Å²) in [5, 5.41) is 5.31. The third kappa shape index (κ3) is 4.35. The summed E-state index contributed by atoms with van der Waals surface area (Å²) in [4.78, 5) is 31.5. The maximum absolute atomic E-state index is 14.1. The van der Waals surface area contributed by atoms with Crippen molar-refractivity contribution >= 4 is 40.7 Å². The second kappa shape index (κ2) is 9.27. The molecule has 0 bridgehead atoms. The number of nitrogens with zero attached hydrogens (tertiary/aromatic N) is 5. The Morgan fingerprint density at radius 1 is 0.941 bits per heavy atom. The van der Waals surface area contributed by atoms with Crippen LogP contribution in [0.1, 0.15) is 26.5 Å². The molecule has 0 aliphatic carbocycles. The minimum absolute atomic E-state index is 0.187. The number of anilines is 1. The van der Waals surface area contributed by atoms with Crippen molar-refractivity contribution in [3.8, 4) is 0 Å². The summed E-state index contributed by atoms with van der Waals surface area (Å²) >= 11 is 12.1. The molecule has 1 fully saturated rings. The fraction of sp³-hybridized carbons (Fsp3) is 0.292. The van der Waals surface area contributed by atoms with Crippen LogP contribution in [0.4, 0.5) is 10.1 Å². The molecule has 1 saturated heterocycles. The van der Waals surface area contributed by atoms with E-state index in [1.807, 2.05) is 11.0 Å². The zero-order valence-corrected chi connectivity index (χ0v) is 19.8. The van der Waals surface area contributed by atoms with Gasteiger partial charge in [0, 0.05) is 45.3 Å². The van der Waals surface area contributed by atoms with Gasteiger partial charge in [0.25, 0.3) is 11.8 Å². The lowest BCUT2D eigenvalue weighted by Gasteiger charge is -2.35. The van der Waals surface area contributed by atoms with Gasteiger partial charge in [0.15, 0.2) is 5.69 Å². The van der Waals surface area contributed by atoms with Crippen LogP contribution in [0.5, 0.6) is 0 Å². The van der Waals surface area contributed by atoms with E-state index >= 15 is 0 Å². The van der Waals surface area contributed by atoms with E-state index in [9.17, 15) is 14.0 Å². The molecule has 0 N–H and O–H groups in total. The van der Waals surface area contributed by atoms with Crippen molar-refractivity contribution < 1.29 is 14.0 Å². The van der Waals surface area contributed by atoms with Gasteiger partial charge in [-0.15, -0.1) is 0 Å². The summed E-state index contributed by atoms with van der Waals surface area (Å²) in [5.74, 6) is -0.680. The molecule has 2 aliphatic heterocycles. The SMILES string of the molecule is O=C(c1cc2n(n1)CCN(Cc1ccc(Cl)c(Cl)c1)C2=O)N1CCN(c2ccccc2F)CC1. The Bertz CT molecular complexity index is 1260. The first-order valence-electron chi connectivity index (χ1n) is 11.0. The number of rotatable bonds is 4. The average Bonchev–Trinajstić information content (AvgIpc) is 3.28. The van der Waals surface area contributed by atoms with Crippen molar-refractivity contribution in [2.24, 2.45) is 0 Å². The van der Waals surface area contributed by atoms with Gasteiger partial charge in [0.1, 0.15) is 11.5 Å². The van der Waals surface area contributed by atoms with Crippen LogP contribution in [0, 0.1) is 5.82 Å². The highest BCUT2D eigenvalue weighted by atomic mass is 35.5. The van der Waals surface area contributed by atoms with E-state index < -0.39 is 0 Å². The Kier molecular flexibility index (Phi) is 6.18. The summed E-state index contributed by atoms with van der Waals surface area (Å²) in [6, 6.07) is 13.5. The zero-order chi connectivity index (χ0) is 23.8. The number of carbonyl (C=O) groups excluding carboxylic acids is 2. The van der Waals surface area contributed by atoms with Crippen LogP contribution < -0.4 is 4.90 Å². The molecule has 0 atom stereocenters. The van der Waals surface area contributed by atoms with Gasteiger partial charge < -0.3 is 14.7 Å². The van der Waals surface area contributed by atoms with E-state index in [1.54, 1.807) is 50.9 Å². The van der Waals surface area contributed by atoms with Gasteiger partial charge in [-0.1, -0.05) is 41.4 Å². The second-order valence-electron chi connectivity index (χ2n) is 8.34.